The number of para-hydroxylation sites is 2. The van der Waals surface area contributed by atoms with Crippen molar-refractivity contribution in [2.45, 2.75) is 55.6 Å². The summed E-state index contributed by atoms with van der Waals surface area (Å²) in [6, 6.07) is 15.9. The fourth-order valence-corrected chi connectivity index (χ4v) is 5.20. The van der Waals surface area contributed by atoms with Gasteiger partial charge >= 0.3 is 0 Å². The maximum absolute atomic E-state index is 13.4. The van der Waals surface area contributed by atoms with Crippen LogP contribution >= 0.6 is 11.8 Å². The summed E-state index contributed by atoms with van der Waals surface area (Å²) in [5.74, 6) is 0.0669. The number of carbonyl (C=O) groups excluding carboxylic acids is 1. The first-order chi connectivity index (χ1) is 14.0. The van der Waals surface area contributed by atoms with Crippen molar-refractivity contribution < 1.29 is 4.79 Å². The fourth-order valence-electron chi connectivity index (χ4n) is 4.17. The van der Waals surface area contributed by atoms with Gasteiger partial charge in [-0.2, -0.15) is 0 Å². The second-order valence-electron chi connectivity index (χ2n) is 7.97. The van der Waals surface area contributed by atoms with E-state index in [2.05, 4.69) is 13.0 Å². The lowest BCUT2D eigenvalue weighted by atomic mass is 10.1. The third-order valence-corrected chi connectivity index (χ3v) is 6.82. The zero-order valence-electron chi connectivity index (χ0n) is 16.5. The number of benzene rings is 2. The van der Waals surface area contributed by atoms with Gasteiger partial charge in [0.25, 0.3) is 5.56 Å². The molecule has 0 unspecified atom stereocenters. The molecule has 2 aromatic carbocycles. The summed E-state index contributed by atoms with van der Waals surface area (Å²) in [5, 5.41) is 0.962. The number of thioether (sulfide) groups is 1. The number of fused-ring (bicyclic) bond motifs is 2. The molecule has 0 spiro atoms. The highest BCUT2D eigenvalue weighted by molar-refractivity contribution is 8.00. The topological polar surface area (TPSA) is 55.2 Å². The molecule has 2 heterocycles. The van der Waals surface area contributed by atoms with Crippen molar-refractivity contribution in [3.8, 4) is 0 Å². The molecule has 1 fully saturated rings. The molecular weight excluding hydrogens is 382 g/mol. The van der Waals surface area contributed by atoms with Crippen molar-refractivity contribution in [2.75, 3.05) is 4.90 Å². The lowest BCUT2D eigenvalue weighted by molar-refractivity contribution is -0.118. The van der Waals surface area contributed by atoms with Gasteiger partial charge in [0.15, 0.2) is 5.16 Å². The minimum atomic E-state index is -0.332. The molecule has 1 aromatic heterocycles. The second-order valence-corrected chi connectivity index (χ2v) is 9.28. The van der Waals surface area contributed by atoms with Crippen LogP contribution < -0.4 is 10.5 Å². The van der Waals surface area contributed by atoms with Gasteiger partial charge in [0.2, 0.25) is 5.91 Å². The standard InChI is InChI=1S/C23H23N3O2S/c1-14-13-16-7-3-6-10-20(16)25(14)21(27)15(2)29-23-24-19-9-5-4-8-18(19)22(28)26(23)17-11-12-17/h3-10,14-15,17H,11-13H2,1-2H3/t14-,15+/m1/s1. The number of hydrogen-bond acceptors (Lipinski definition) is 4. The summed E-state index contributed by atoms with van der Waals surface area (Å²) in [6.45, 7) is 4.00. The molecule has 2 atom stereocenters. The van der Waals surface area contributed by atoms with E-state index in [0.29, 0.717) is 16.1 Å². The maximum Gasteiger partial charge on any atom is 0.262 e. The van der Waals surface area contributed by atoms with Crippen molar-refractivity contribution in [3.05, 3.63) is 64.4 Å². The van der Waals surface area contributed by atoms with E-state index in [-0.39, 0.29) is 28.8 Å². The van der Waals surface area contributed by atoms with Gasteiger partial charge < -0.3 is 4.90 Å². The molecule has 2 aliphatic rings. The van der Waals surface area contributed by atoms with Crippen LogP contribution in [-0.4, -0.2) is 26.8 Å². The molecule has 148 valence electrons. The SMILES string of the molecule is C[C@H](Sc1nc2ccccc2c(=O)n1C1CC1)C(=O)N1c2ccccc2C[C@H]1C. The van der Waals surface area contributed by atoms with Crippen LogP contribution in [0.3, 0.4) is 0 Å². The molecule has 3 aromatic rings. The maximum atomic E-state index is 13.4. The first kappa shape index (κ1) is 18.4. The van der Waals surface area contributed by atoms with E-state index in [1.807, 2.05) is 54.3 Å². The number of anilines is 1. The molecular formula is C23H23N3O2S. The highest BCUT2D eigenvalue weighted by Crippen LogP contribution is 2.39. The van der Waals surface area contributed by atoms with Crippen LogP contribution in [0.25, 0.3) is 10.9 Å². The Kier molecular flexibility index (Phi) is 4.46. The van der Waals surface area contributed by atoms with Crippen LogP contribution in [0.5, 0.6) is 0 Å². The van der Waals surface area contributed by atoms with Crippen molar-refractivity contribution in [2.24, 2.45) is 0 Å². The van der Waals surface area contributed by atoms with Gasteiger partial charge in [-0.1, -0.05) is 42.1 Å². The number of aromatic nitrogens is 2. The van der Waals surface area contributed by atoms with Gasteiger partial charge in [0.1, 0.15) is 0 Å². The third-order valence-electron chi connectivity index (χ3n) is 5.76. The van der Waals surface area contributed by atoms with Crippen molar-refractivity contribution in [1.29, 1.82) is 0 Å². The smallest absolute Gasteiger partial charge is 0.262 e. The van der Waals surface area contributed by atoms with Crippen LogP contribution in [0, 0.1) is 0 Å². The van der Waals surface area contributed by atoms with Crippen molar-refractivity contribution >= 4 is 34.3 Å². The summed E-state index contributed by atoms with van der Waals surface area (Å²) in [6.07, 6.45) is 2.86. The highest BCUT2D eigenvalue weighted by Gasteiger charge is 2.35. The van der Waals surface area contributed by atoms with Gasteiger partial charge in [-0.3, -0.25) is 14.2 Å². The number of hydrogen-bond donors (Lipinski definition) is 0. The molecule has 6 heteroatoms. The average molecular weight is 406 g/mol. The van der Waals surface area contributed by atoms with Crippen LogP contribution in [0.15, 0.2) is 58.5 Å². The number of rotatable bonds is 4. The van der Waals surface area contributed by atoms with Crippen LogP contribution in [0.4, 0.5) is 5.69 Å². The summed E-state index contributed by atoms with van der Waals surface area (Å²) in [7, 11) is 0. The van der Waals surface area contributed by atoms with Crippen molar-refractivity contribution in [3.63, 3.8) is 0 Å². The van der Waals surface area contributed by atoms with Crippen LogP contribution in [0.1, 0.15) is 38.3 Å². The third kappa shape index (κ3) is 3.15. The van der Waals surface area contributed by atoms with Gasteiger partial charge in [-0.15, -0.1) is 0 Å². The first-order valence-corrected chi connectivity index (χ1v) is 11.0. The Labute approximate surface area is 173 Å². The van der Waals surface area contributed by atoms with Gasteiger partial charge in [0, 0.05) is 17.8 Å². The Morgan fingerprint density at radius 2 is 1.86 bits per heavy atom. The molecule has 0 radical (unpaired) electrons. The van der Waals surface area contributed by atoms with Crippen LogP contribution in [-0.2, 0) is 11.2 Å². The average Bonchev–Trinajstić information content (AvgIpc) is 3.49. The number of nitrogens with zero attached hydrogens (tertiary/aromatic N) is 3. The molecule has 1 aliphatic heterocycles. The zero-order valence-corrected chi connectivity index (χ0v) is 17.4. The quantitative estimate of drug-likeness (QED) is 0.482. The molecule has 1 amide bonds. The predicted molar refractivity (Wildman–Crippen MR) is 117 cm³/mol. The van der Waals surface area contributed by atoms with E-state index >= 15 is 0 Å². The van der Waals surface area contributed by atoms with Gasteiger partial charge in [-0.25, -0.2) is 4.98 Å². The van der Waals surface area contributed by atoms with E-state index < -0.39 is 0 Å². The minimum Gasteiger partial charge on any atom is -0.308 e. The molecule has 0 bridgehead atoms. The Hall–Kier alpha value is -2.60. The Bertz CT molecular complexity index is 1170. The minimum absolute atomic E-state index is 0.000125. The van der Waals surface area contributed by atoms with Gasteiger partial charge in [-0.05, 0) is 56.9 Å². The highest BCUT2D eigenvalue weighted by atomic mass is 32.2. The monoisotopic (exact) mass is 405 g/mol. The normalized spacial score (nSPS) is 19.4. The molecule has 0 N–H and O–H groups in total. The number of amides is 1. The molecule has 5 nitrogen and oxygen atoms in total. The summed E-state index contributed by atoms with van der Waals surface area (Å²) in [4.78, 5) is 33.1. The molecule has 0 saturated heterocycles. The van der Waals surface area contributed by atoms with Crippen LogP contribution in [0.2, 0.25) is 0 Å². The molecule has 5 rings (SSSR count). The summed E-state index contributed by atoms with van der Waals surface area (Å²) in [5.41, 5.74) is 2.91. The molecule has 29 heavy (non-hydrogen) atoms. The lowest BCUT2D eigenvalue weighted by Gasteiger charge is -2.26. The zero-order chi connectivity index (χ0) is 20.1. The predicted octanol–water partition coefficient (Wildman–Crippen LogP) is 4.19. The van der Waals surface area contributed by atoms with Gasteiger partial charge in [0.05, 0.1) is 16.2 Å². The van der Waals surface area contributed by atoms with E-state index in [1.165, 1.54) is 17.3 Å². The van der Waals surface area contributed by atoms with E-state index in [9.17, 15) is 9.59 Å². The second kappa shape index (κ2) is 7.02. The van der Waals surface area contributed by atoms with E-state index in [4.69, 9.17) is 4.98 Å². The summed E-state index contributed by atoms with van der Waals surface area (Å²) < 4.78 is 1.80. The number of carbonyl (C=O) groups is 1. The summed E-state index contributed by atoms with van der Waals surface area (Å²) >= 11 is 1.40. The van der Waals surface area contributed by atoms with Crippen molar-refractivity contribution in [1.82, 2.24) is 9.55 Å². The lowest BCUT2D eigenvalue weighted by Crippen LogP contribution is -2.40. The Balaban J connectivity index is 1.49. The Morgan fingerprint density at radius 1 is 1.14 bits per heavy atom. The first-order valence-electron chi connectivity index (χ1n) is 10.1. The molecule has 1 saturated carbocycles. The Morgan fingerprint density at radius 3 is 2.66 bits per heavy atom. The fraction of sp³-hybridized carbons (Fsp3) is 0.348. The van der Waals surface area contributed by atoms with E-state index in [0.717, 1.165) is 24.9 Å². The largest absolute Gasteiger partial charge is 0.308 e. The molecule has 1 aliphatic carbocycles. The van der Waals surface area contributed by atoms with E-state index in [1.54, 1.807) is 4.57 Å².